The summed E-state index contributed by atoms with van der Waals surface area (Å²) in [5, 5.41) is 13.6. The van der Waals surface area contributed by atoms with Crippen molar-refractivity contribution in [3.05, 3.63) is 45.0 Å². The van der Waals surface area contributed by atoms with Crippen LogP contribution in [0, 0.1) is 10.1 Å². The van der Waals surface area contributed by atoms with E-state index in [0.29, 0.717) is 12.1 Å². The number of halogens is 1. The second kappa shape index (κ2) is 9.13. The molecule has 0 aliphatic heterocycles. The van der Waals surface area contributed by atoms with Crippen molar-refractivity contribution in [2.45, 2.75) is 32.6 Å². The smallest absolute Gasteiger partial charge is 0.288 e. The molecule has 1 amide bonds. The lowest BCUT2D eigenvalue weighted by atomic mass is 10.2. The molecule has 6 heteroatoms. The molecule has 1 rings (SSSR count). The Balaban J connectivity index is 2.50. The van der Waals surface area contributed by atoms with Gasteiger partial charge in [-0.25, -0.2) is 0 Å². The molecule has 21 heavy (non-hydrogen) atoms. The van der Waals surface area contributed by atoms with Crippen molar-refractivity contribution in [1.82, 2.24) is 5.32 Å². The largest absolute Gasteiger partial charge is 0.353 e. The number of carbonyl (C=O) groups excluding carboxylic acids is 1. The first-order valence-corrected chi connectivity index (χ1v) is 7.32. The van der Waals surface area contributed by atoms with E-state index in [2.05, 4.69) is 12.2 Å². The van der Waals surface area contributed by atoms with Crippen LogP contribution in [0.25, 0.3) is 6.08 Å². The number of hydrogen-bond acceptors (Lipinski definition) is 3. The Kier molecular flexibility index (Phi) is 7.46. The SMILES string of the molecule is CCCCCCNC(=O)C=Cc1ccc(Cl)c([N+](=O)[O-])c1. The van der Waals surface area contributed by atoms with Crippen LogP contribution in [0.15, 0.2) is 24.3 Å². The highest BCUT2D eigenvalue weighted by atomic mass is 35.5. The minimum absolute atomic E-state index is 0.0810. The van der Waals surface area contributed by atoms with Gasteiger partial charge < -0.3 is 5.32 Å². The minimum atomic E-state index is -0.548. The molecule has 5 nitrogen and oxygen atoms in total. The van der Waals surface area contributed by atoms with Gasteiger partial charge in [-0.05, 0) is 24.1 Å². The van der Waals surface area contributed by atoms with Gasteiger partial charge in [0.1, 0.15) is 5.02 Å². The monoisotopic (exact) mass is 310 g/mol. The molecule has 0 heterocycles. The van der Waals surface area contributed by atoms with Gasteiger partial charge in [0.05, 0.1) is 4.92 Å². The van der Waals surface area contributed by atoms with E-state index >= 15 is 0 Å². The molecule has 0 saturated heterocycles. The normalized spacial score (nSPS) is 10.8. The summed E-state index contributed by atoms with van der Waals surface area (Å²) in [5.74, 6) is -0.205. The van der Waals surface area contributed by atoms with Crippen LogP contribution in [0.4, 0.5) is 5.69 Å². The van der Waals surface area contributed by atoms with E-state index in [0.717, 1.165) is 19.3 Å². The van der Waals surface area contributed by atoms with Crippen molar-refractivity contribution >= 4 is 29.3 Å². The van der Waals surface area contributed by atoms with E-state index in [9.17, 15) is 14.9 Å². The first-order valence-electron chi connectivity index (χ1n) is 6.94. The van der Waals surface area contributed by atoms with Crippen molar-refractivity contribution in [3.63, 3.8) is 0 Å². The van der Waals surface area contributed by atoms with Gasteiger partial charge in [-0.15, -0.1) is 0 Å². The highest BCUT2D eigenvalue weighted by Gasteiger charge is 2.11. The van der Waals surface area contributed by atoms with Crippen molar-refractivity contribution in [1.29, 1.82) is 0 Å². The number of nitrogens with zero attached hydrogens (tertiary/aromatic N) is 1. The third kappa shape index (κ3) is 6.40. The molecule has 1 aromatic carbocycles. The van der Waals surface area contributed by atoms with E-state index in [4.69, 9.17) is 11.6 Å². The van der Waals surface area contributed by atoms with Crippen LogP contribution >= 0.6 is 11.6 Å². The molecule has 0 unspecified atom stereocenters. The van der Waals surface area contributed by atoms with Crippen LogP contribution in [0.5, 0.6) is 0 Å². The predicted octanol–water partition coefficient (Wildman–Crippen LogP) is 3.96. The molecule has 0 aliphatic rings. The van der Waals surface area contributed by atoms with Crippen LogP contribution in [-0.4, -0.2) is 17.4 Å². The number of rotatable bonds is 8. The summed E-state index contributed by atoms with van der Waals surface area (Å²) in [4.78, 5) is 21.8. The number of amides is 1. The molecule has 0 aromatic heterocycles. The maximum atomic E-state index is 11.6. The van der Waals surface area contributed by atoms with Crippen LogP contribution in [-0.2, 0) is 4.79 Å². The fraction of sp³-hybridized carbons (Fsp3) is 0.400. The Bertz CT molecular complexity index is 530. The minimum Gasteiger partial charge on any atom is -0.353 e. The molecule has 0 radical (unpaired) electrons. The third-order valence-corrected chi connectivity index (χ3v) is 3.24. The lowest BCUT2D eigenvalue weighted by Crippen LogP contribution is -2.21. The second-order valence-electron chi connectivity index (χ2n) is 4.65. The quantitative estimate of drug-likeness (QED) is 0.342. The molecule has 1 aromatic rings. The Labute approximate surface area is 129 Å². The number of nitro benzene ring substituents is 1. The first-order chi connectivity index (χ1) is 10.0. The van der Waals surface area contributed by atoms with Gasteiger partial charge in [-0.3, -0.25) is 14.9 Å². The zero-order valence-electron chi connectivity index (χ0n) is 12.0. The number of nitrogens with one attached hydrogen (secondary N) is 1. The van der Waals surface area contributed by atoms with E-state index in [1.54, 1.807) is 6.07 Å². The lowest BCUT2D eigenvalue weighted by Gasteiger charge is -2.01. The van der Waals surface area contributed by atoms with Crippen molar-refractivity contribution < 1.29 is 9.72 Å². The van der Waals surface area contributed by atoms with Crippen molar-refractivity contribution in [2.75, 3.05) is 6.54 Å². The Hall–Kier alpha value is -1.88. The van der Waals surface area contributed by atoms with E-state index in [1.807, 2.05) is 0 Å². The summed E-state index contributed by atoms with van der Waals surface area (Å²) >= 11 is 5.72. The first kappa shape index (κ1) is 17.2. The van der Waals surface area contributed by atoms with Gasteiger partial charge in [-0.2, -0.15) is 0 Å². The molecule has 0 atom stereocenters. The fourth-order valence-electron chi connectivity index (χ4n) is 1.77. The van der Waals surface area contributed by atoms with Crippen LogP contribution in [0.1, 0.15) is 38.2 Å². The van der Waals surface area contributed by atoms with E-state index < -0.39 is 4.92 Å². The second-order valence-corrected chi connectivity index (χ2v) is 5.06. The molecular formula is C15H19ClN2O3. The summed E-state index contributed by atoms with van der Waals surface area (Å²) in [5.41, 5.74) is 0.394. The highest BCUT2D eigenvalue weighted by Crippen LogP contribution is 2.25. The average Bonchev–Trinajstić information content (AvgIpc) is 2.46. The molecule has 114 valence electrons. The molecule has 0 spiro atoms. The van der Waals surface area contributed by atoms with Crippen molar-refractivity contribution in [3.8, 4) is 0 Å². The predicted molar refractivity (Wildman–Crippen MR) is 84.3 cm³/mol. The summed E-state index contributed by atoms with van der Waals surface area (Å²) < 4.78 is 0. The standard InChI is InChI=1S/C15H19ClN2O3/c1-2-3-4-5-10-17-15(19)9-7-12-6-8-13(16)14(11-12)18(20)21/h6-9,11H,2-5,10H2,1H3,(H,17,19). The van der Waals surface area contributed by atoms with Crippen LogP contribution in [0.3, 0.4) is 0 Å². The summed E-state index contributed by atoms with van der Waals surface area (Å²) in [7, 11) is 0. The molecule has 0 fully saturated rings. The number of benzene rings is 1. The summed E-state index contributed by atoms with van der Waals surface area (Å²) in [6.45, 7) is 2.77. The van der Waals surface area contributed by atoms with Crippen LogP contribution < -0.4 is 5.32 Å². The summed E-state index contributed by atoms with van der Waals surface area (Å²) in [6.07, 6.45) is 7.28. The maximum Gasteiger partial charge on any atom is 0.288 e. The molecular weight excluding hydrogens is 292 g/mol. The van der Waals surface area contributed by atoms with Gasteiger partial charge in [0.2, 0.25) is 5.91 Å². The number of unbranched alkanes of at least 4 members (excludes halogenated alkanes) is 3. The van der Waals surface area contributed by atoms with E-state index in [-0.39, 0.29) is 16.6 Å². The Morgan fingerprint density at radius 2 is 2.14 bits per heavy atom. The maximum absolute atomic E-state index is 11.6. The number of hydrogen-bond donors (Lipinski definition) is 1. The van der Waals surface area contributed by atoms with Gasteiger partial charge in [0.25, 0.3) is 5.69 Å². The zero-order valence-corrected chi connectivity index (χ0v) is 12.7. The van der Waals surface area contributed by atoms with Gasteiger partial charge in [-0.1, -0.05) is 43.9 Å². The molecule has 0 bridgehead atoms. The van der Waals surface area contributed by atoms with Gasteiger partial charge in [0.15, 0.2) is 0 Å². The molecule has 0 aliphatic carbocycles. The lowest BCUT2D eigenvalue weighted by molar-refractivity contribution is -0.384. The molecule has 0 saturated carbocycles. The topological polar surface area (TPSA) is 72.2 Å². The van der Waals surface area contributed by atoms with Gasteiger partial charge >= 0.3 is 0 Å². The van der Waals surface area contributed by atoms with E-state index in [1.165, 1.54) is 30.7 Å². The Morgan fingerprint density at radius 3 is 2.81 bits per heavy atom. The number of nitro groups is 1. The van der Waals surface area contributed by atoms with Gasteiger partial charge in [0, 0.05) is 18.7 Å². The molecule has 1 N–H and O–H groups in total. The highest BCUT2D eigenvalue weighted by molar-refractivity contribution is 6.32. The number of carbonyl (C=O) groups is 1. The van der Waals surface area contributed by atoms with Crippen molar-refractivity contribution in [2.24, 2.45) is 0 Å². The third-order valence-electron chi connectivity index (χ3n) is 2.92. The summed E-state index contributed by atoms with van der Waals surface area (Å²) in [6, 6.07) is 4.41. The Morgan fingerprint density at radius 1 is 1.38 bits per heavy atom. The fourth-order valence-corrected chi connectivity index (χ4v) is 1.95. The zero-order chi connectivity index (χ0) is 15.7. The average molecular weight is 311 g/mol. The van der Waals surface area contributed by atoms with Crippen LogP contribution in [0.2, 0.25) is 5.02 Å².